The van der Waals surface area contributed by atoms with Gasteiger partial charge in [-0.2, -0.15) is 0 Å². The molecule has 1 fully saturated rings. The third kappa shape index (κ3) is 7.34. The number of nitrogens with zero attached hydrogens (tertiary/aromatic N) is 2. The minimum Gasteiger partial charge on any atom is -0.379 e. The molecule has 1 heterocycles. The predicted molar refractivity (Wildman–Crippen MR) is 96.9 cm³/mol. The number of carbonyl (C=O) groups is 1. The van der Waals surface area contributed by atoms with Crippen LogP contribution in [0.5, 0.6) is 0 Å². The Morgan fingerprint density at radius 1 is 1.32 bits per heavy atom. The van der Waals surface area contributed by atoms with Crippen LogP contribution in [0.3, 0.4) is 0 Å². The molecular weight excluding hydrogens is 321 g/mol. The van der Waals surface area contributed by atoms with Crippen LogP contribution < -0.4 is 5.32 Å². The van der Waals surface area contributed by atoms with Crippen molar-refractivity contribution < 1.29 is 13.9 Å². The van der Waals surface area contributed by atoms with Crippen LogP contribution in [0, 0.1) is 5.82 Å². The second-order valence-electron chi connectivity index (χ2n) is 6.52. The van der Waals surface area contributed by atoms with Crippen LogP contribution in [-0.4, -0.2) is 69.2 Å². The van der Waals surface area contributed by atoms with Gasteiger partial charge in [-0.1, -0.05) is 18.2 Å². The lowest BCUT2D eigenvalue weighted by Gasteiger charge is -2.28. The fraction of sp³-hybridized carbons (Fsp3) is 0.526. The van der Waals surface area contributed by atoms with Crippen molar-refractivity contribution in [3.05, 3.63) is 47.8 Å². The van der Waals surface area contributed by atoms with E-state index in [1.807, 2.05) is 25.1 Å². The van der Waals surface area contributed by atoms with Crippen molar-refractivity contribution in [1.29, 1.82) is 0 Å². The number of nitrogens with one attached hydrogen (secondary N) is 1. The van der Waals surface area contributed by atoms with Gasteiger partial charge >= 0.3 is 0 Å². The Labute approximate surface area is 149 Å². The normalized spacial score (nSPS) is 17.1. The number of rotatable bonds is 8. The highest BCUT2D eigenvalue weighted by Gasteiger charge is 2.17. The molecule has 1 aromatic rings. The molecule has 2 rings (SSSR count). The van der Waals surface area contributed by atoms with E-state index in [4.69, 9.17) is 4.74 Å². The van der Waals surface area contributed by atoms with Crippen LogP contribution in [0.15, 0.2) is 36.4 Å². The smallest absolute Gasteiger partial charge is 0.244 e. The fourth-order valence-electron chi connectivity index (χ4n) is 2.74. The number of halogens is 1. The third-order valence-corrected chi connectivity index (χ3v) is 4.17. The van der Waals surface area contributed by atoms with Crippen molar-refractivity contribution in [2.24, 2.45) is 0 Å². The molecular formula is C19H28FN3O2. The quantitative estimate of drug-likeness (QED) is 0.727. The Morgan fingerprint density at radius 3 is 2.64 bits per heavy atom. The number of benzene rings is 1. The number of carbonyl (C=O) groups excluding carboxylic acids is 1. The van der Waals surface area contributed by atoms with Gasteiger partial charge in [-0.25, -0.2) is 4.39 Å². The van der Waals surface area contributed by atoms with E-state index >= 15 is 0 Å². The molecule has 1 unspecified atom stereocenters. The molecule has 5 nitrogen and oxygen atoms in total. The van der Waals surface area contributed by atoms with E-state index in [2.05, 4.69) is 10.2 Å². The molecule has 1 atom stereocenters. The molecule has 0 bridgehead atoms. The van der Waals surface area contributed by atoms with E-state index in [1.54, 1.807) is 18.2 Å². The molecule has 6 heteroatoms. The van der Waals surface area contributed by atoms with Crippen molar-refractivity contribution >= 4 is 5.91 Å². The number of hydrogen-bond acceptors (Lipinski definition) is 4. The van der Waals surface area contributed by atoms with Gasteiger partial charge in [0, 0.05) is 32.3 Å². The Kier molecular flexibility index (Phi) is 8.04. The summed E-state index contributed by atoms with van der Waals surface area (Å²) in [5.41, 5.74) is 0.920. The molecule has 25 heavy (non-hydrogen) atoms. The molecule has 0 radical (unpaired) electrons. The zero-order valence-electron chi connectivity index (χ0n) is 15.1. The van der Waals surface area contributed by atoms with Crippen LogP contribution >= 0.6 is 0 Å². The van der Waals surface area contributed by atoms with Crippen LogP contribution in [-0.2, 0) is 9.53 Å². The van der Waals surface area contributed by atoms with E-state index < -0.39 is 0 Å². The van der Waals surface area contributed by atoms with Crippen LogP contribution in [0.1, 0.15) is 18.0 Å². The molecule has 138 valence electrons. The summed E-state index contributed by atoms with van der Waals surface area (Å²) < 4.78 is 18.6. The van der Waals surface area contributed by atoms with Gasteiger partial charge in [0.2, 0.25) is 5.91 Å². The summed E-state index contributed by atoms with van der Waals surface area (Å²) in [6.07, 6.45) is 4.17. The second kappa shape index (κ2) is 10.3. The second-order valence-corrected chi connectivity index (χ2v) is 6.52. The highest BCUT2D eigenvalue weighted by Crippen LogP contribution is 2.18. The summed E-state index contributed by atoms with van der Waals surface area (Å²) in [7, 11) is 3.90. The van der Waals surface area contributed by atoms with E-state index in [-0.39, 0.29) is 17.8 Å². The standard InChI is InChI=1S/C19H28FN3O2/c1-22(2)10-3-4-19(24)21-18(16-5-7-17(20)8-6-16)9-11-23-12-14-25-15-13-23/h3-8,18H,9-15H2,1-2H3,(H,21,24)/b4-3+. The van der Waals surface area contributed by atoms with Crippen molar-refractivity contribution in [3.8, 4) is 0 Å². The molecule has 1 N–H and O–H groups in total. The largest absolute Gasteiger partial charge is 0.379 e. The first-order chi connectivity index (χ1) is 12.0. The van der Waals surface area contributed by atoms with Gasteiger partial charge in [-0.3, -0.25) is 9.69 Å². The maximum absolute atomic E-state index is 13.2. The number of ether oxygens (including phenoxy) is 1. The summed E-state index contributed by atoms with van der Waals surface area (Å²) in [5.74, 6) is -0.397. The van der Waals surface area contributed by atoms with Crippen molar-refractivity contribution in [2.45, 2.75) is 12.5 Å². The van der Waals surface area contributed by atoms with E-state index in [0.29, 0.717) is 6.54 Å². The number of amides is 1. The van der Waals surface area contributed by atoms with Gasteiger partial charge in [0.15, 0.2) is 0 Å². The maximum Gasteiger partial charge on any atom is 0.244 e. The summed E-state index contributed by atoms with van der Waals surface area (Å²) in [4.78, 5) is 16.5. The summed E-state index contributed by atoms with van der Waals surface area (Å²) >= 11 is 0. The highest BCUT2D eigenvalue weighted by molar-refractivity contribution is 5.87. The average molecular weight is 349 g/mol. The molecule has 0 spiro atoms. The minimum atomic E-state index is -0.270. The van der Waals surface area contributed by atoms with Crippen molar-refractivity contribution in [2.75, 3.05) is 53.5 Å². The molecule has 1 amide bonds. The zero-order valence-corrected chi connectivity index (χ0v) is 15.1. The first-order valence-corrected chi connectivity index (χ1v) is 8.72. The molecule has 1 aromatic carbocycles. The van der Waals surface area contributed by atoms with E-state index in [9.17, 15) is 9.18 Å². The van der Waals surface area contributed by atoms with Gasteiger partial charge in [0.05, 0.1) is 19.3 Å². The number of morpholine rings is 1. The van der Waals surface area contributed by atoms with Gasteiger partial charge in [0.25, 0.3) is 0 Å². The van der Waals surface area contributed by atoms with Gasteiger partial charge in [-0.15, -0.1) is 0 Å². The predicted octanol–water partition coefficient (Wildman–Crippen LogP) is 1.82. The Balaban J connectivity index is 1.96. The fourth-order valence-corrected chi connectivity index (χ4v) is 2.74. The lowest BCUT2D eigenvalue weighted by molar-refractivity contribution is -0.117. The molecule has 0 saturated carbocycles. The summed E-state index contributed by atoms with van der Waals surface area (Å²) in [6.45, 7) is 4.90. The Bertz CT molecular complexity index is 554. The molecule has 1 aliphatic heterocycles. The number of likely N-dealkylation sites (N-methyl/N-ethyl adjacent to an activating group) is 1. The van der Waals surface area contributed by atoms with Crippen LogP contribution in [0.4, 0.5) is 4.39 Å². The Hall–Kier alpha value is -1.76. The topological polar surface area (TPSA) is 44.8 Å². The third-order valence-electron chi connectivity index (χ3n) is 4.17. The highest BCUT2D eigenvalue weighted by atomic mass is 19.1. The average Bonchev–Trinajstić information content (AvgIpc) is 2.60. The Morgan fingerprint density at radius 2 is 2.00 bits per heavy atom. The molecule has 0 aromatic heterocycles. The monoisotopic (exact) mass is 349 g/mol. The van der Waals surface area contributed by atoms with Crippen molar-refractivity contribution in [1.82, 2.24) is 15.1 Å². The lowest BCUT2D eigenvalue weighted by Crippen LogP contribution is -2.38. The van der Waals surface area contributed by atoms with Gasteiger partial charge in [-0.05, 0) is 38.2 Å². The van der Waals surface area contributed by atoms with Gasteiger partial charge in [0.1, 0.15) is 5.82 Å². The first-order valence-electron chi connectivity index (χ1n) is 8.72. The number of hydrogen-bond donors (Lipinski definition) is 1. The van der Waals surface area contributed by atoms with Crippen LogP contribution in [0.25, 0.3) is 0 Å². The lowest BCUT2D eigenvalue weighted by atomic mass is 10.0. The van der Waals surface area contributed by atoms with Gasteiger partial charge < -0.3 is 15.0 Å². The van der Waals surface area contributed by atoms with E-state index in [0.717, 1.165) is 44.8 Å². The molecule has 0 aliphatic carbocycles. The molecule has 1 saturated heterocycles. The maximum atomic E-state index is 13.2. The first kappa shape index (κ1) is 19.6. The zero-order chi connectivity index (χ0) is 18.1. The van der Waals surface area contributed by atoms with E-state index in [1.165, 1.54) is 12.1 Å². The summed E-state index contributed by atoms with van der Waals surface area (Å²) in [5, 5.41) is 3.04. The minimum absolute atomic E-state index is 0.127. The van der Waals surface area contributed by atoms with Crippen molar-refractivity contribution in [3.63, 3.8) is 0 Å². The summed E-state index contributed by atoms with van der Waals surface area (Å²) in [6, 6.07) is 6.21. The SMILES string of the molecule is CN(C)C/C=C/C(=O)NC(CCN1CCOCC1)c1ccc(F)cc1. The van der Waals surface area contributed by atoms with Crippen LogP contribution in [0.2, 0.25) is 0 Å². The molecule has 1 aliphatic rings.